The van der Waals surface area contributed by atoms with E-state index in [4.69, 9.17) is 12.2 Å². The molecule has 0 amide bonds. The Hall–Kier alpha value is 1.42. The van der Waals surface area contributed by atoms with Crippen molar-refractivity contribution in [2.24, 2.45) is 0 Å². The normalized spacial score (nSPS) is 8.12. The number of aromatic nitrogens is 2. The summed E-state index contributed by atoms with van der Waals surface area (Å²) in [6.45, 7) is 1.91. The van der Waals surface area contributed by atoms with Crippen LogP contribution in [0.5, 0.6) is 0 Å². The van der Waals surface area contributed by atoms with E-state index in [2.05, 4.69) is 10.2 Å². The van der Waals surface area contributed by atoms with Crippen LogP contribution in [0.3, 0.4) is 0 Å². The van der Waals surface area contributed by atoms with E-state index in [0.717, 1.165) is 8.96 Å². The van der Waals surface area contributed by atoms with Gasteiger partial charge in [-0.05, 0) is 19.1 Å². The SMILES string of the molecule is Cc1n[nH]c(=S)s1.[H-].[K+]. The Morgan fingerprint density at radius 1 is 1.88 bits per heavy atom. The third-order valence-electron chi connectivity index (χ3n) is 0.545. The molecule has 1 heterocycles. The van der Waals surface area contributed by atoms with E-state index in [0.29, 0.717) is 0 Å². The van der Waals surface area contributed by atoms with Gasteiger partial charge >= 0.3 is 51.4 Å². The van der Waals surface area contributed by atoms with E-state index in [1.54, 1.807) is 0 Å². The van der Waals surface area contributed by atoms with E-state index < -0.39 is 0 Å². The molecular formula is C3H5KN2S2. The van der Waals surface area contributed by atoms with Crippen LogP contribution >= 0.6 is 23.6 Å². The smallest absolute Gasteiger partial charge is 1.00 e. The van der Waals surface area contributed by atoms with E-state index in [1.807, 2.05) is 6.92 Å². The molecule has 5 heteroatoms. The molecule has 8 heavy (non-hydrogen) atoms. The third kappa shape index (κ3) is 2.81. The quantitative estimate of drug-likeness (QED) is 0.386. The maximum atomic E-state index is 4.73. The Balaban J connectivity index is 0. The van der Waals surface area contributed by atoms with Crippen LogP contribution in [0.2, 0.25) is 0 Å². The van der Waals surface area contributed by atoms with Gasteiger partial charge in [0.25, 0.3) is 0 Å². The molecule has 0 aliphatic carbocycles. The zero-order valence-corrected chi connectivity index (χ0v) is 9.52. The van der Waals surface area contributed by atoms with E-state index in [-0.39, 0.29) is 52.8 Å². The van der Waals surface area contributed by atoms with Gasteiger partial charge in [-0.3, -0.25) is 5.10 Å². The number of aryl methyl sites for hydroxylation is 1. The van der Waals surface area contributed by atoms with Crippen molar-refractivity contribution in [3.8, 4) is 0 Å². The molecule has 0 aliphatic heterocycles. The van der Waals surface area contributed by atoms with Crippen LogP contribution in [0.1, 0.15) is 6.43 Å². The van der Waals surface area contributed by atoms with E-state index in [1.165, 1.54) is 11.3 Å². The van der Waals surface area contributed by atoms with Crippen LogP contribution in [0.4, 0.5) is 0 Å². The molecule has 0 aromatic carbocycles. The molecule has 0 atom stereocenters. The van der Waals surface area contributed by atoms with Crippen molar-refractivity contribution in [3.63, 3.8) is 0 Å². The van der Waals surface area contributed by atoms with Crippen LogP contribution < -0.4 is 51.4 Å². The van der Waals surface area contributed by atoms with Crippen LogP contribution in [0.15, 0.2) is 0 Å². The molecule has 0 saturated carbocycles. The number of hydrogen-bond donors (Lipinski definition) is 1. The second-order valence-electron chi connectivity index (χ2n) is 1.13. The Morgan fingerprint density at radius 2 is 2.50 bits per heavy atom. The van der Waals surface area contributed by atoms with Crippen molar-refractivity contribution in [1.82, 2.24) is 10.2 Å². The zero-order valence-electron chi connectivity index (χ0n) is 5.76. The minimum atomic E-state index is 0. The Bertz CT molecular complexity index is 208. The summed E-state index contributed by atoms with van der Waals surface area (Å²) >= 11 is 6.22. The van der Waals surface area contributed by atoms with Crippen molar-refractivity contribution >= 4 is 23.6 Å². The standard InChI is InChI=1S/C3H4N2S2.K.H/c1-2-4-5-3(6)7-2;;/h1H3,(H,5,6);;/q;+1;-1. The fourth-order valence-electron chi connectivity index (χ4n) is 0.304. The third-order valence-corrected chi connectivity index (χ3v) is 1.55. The molecule has 0 spiro atoms. The topological polar surface area (TPSA) is 28.7 Å². The van der Waals surface area contributed by atoms with Gasteiger partial charge in [0, 0.05) is 0 Å². The first-order valence-corrected chi connectivity index (χ1v) is 3.03. The first-order valence-electron chi connectivity index (χ1n) is 1.81. The van der Waals surface area contributed by atoms with Gasteiger partial charge in [-0.1, -0.05) is 11.3 Å². The Morgan fingerprint density at radius 3 is 2.62 bits per heavy atom. The largest absolute Gasteiger partial charge is 1.00 e. The number of hydrogen-bond acceptors (Lipinski definition) is 3. The van der Waals surface area contributed by atoms with Crippen molar-refractivity contribution < 1.29 is 52.8 Å². The summed E-state index contributed by atoms with van der Waals surface area (Å²) in [4.78, 5) is 0. The molecular weight excluding hydrogens is 167 g/mol. The van der Waals surface area contributed by atoms with Crippen LogP contribution in [-0.4, -0.2) is 10.2 Å². The Labute approximate surface area is 101 Å². The number of nitrogens with zero attached hydrogens (tertiary/aromatic N) is 1. The van der Waals surface area contributed by atoms with Gasteiger partial charge in [0.2, 0.25) is 0 Å². The van der Waals surface area contributed by atoms with Gasteiger partial charge in [0.1, 0.15) is 5.01 Å². The van der Waals surface area contributed by atoms with Gasteiger partial charge < -0.3 is 1.43 Å². The van der Waals surface area contributed by atoms with E-state index in [9.17, 15) is 0 Å². The average molecular weight is 172 g/mol. The summed E-state index contributed by atoms with van der Waals surface area (Å²) < 4.78 is 0.748. The number of aromatic amines is 1. The molecule has 0 unspecified atom stereocenters. The van der Waals surface area contributed by atoms with Crippen LogP contribution in [0, 0.1) is 10.9 Å². The van der Waals surface area contributed by atoms with Gasteiger partial charge in [-0.15, -0.1) is 0 Å². The first kappa shape index (κ1) is 9.42. The predicted molar refractivity (Wildman–Crippen MR) is 33.1 cm³/mol. The molecule has 1 aromatic rings. The molecule has 0 aliphatic rings. The molecule has 0 bridgehead atoms. The maximum absolute atomic E-state index is 4.73. The van der Waals surface area contributed by atoms with Gasteiger partial charge in [0.15, 0.2) is 3.95 Å². The summed E-state index contributed by atoms with van der Waals surface area (Å²) in [5.74, 6) is 0. The molecule has 40 valence electrons. The molecule has 2 nitrogen and oxygen atoms in total. The number of H-pyrrole nitrogens is 1. The Kier molecular flexibility index (Phi) is 5.02. The summed E-state index contributed by atoms with van der Waals surface area (Å²) in [6.07, 6.45) is 0. The van der Waals surface area contributed by atoms with Crippen LogP contribution in [-0.2, 0) is 0 Å². The van der Waals surface area contributed by atoms with E-state index >= 15 is 0 Å². The first-order chi connectivity index (χ1) is 3.29. The van der Waals surface area contributed by atoms with Crippen molar-refractivity contribution in [2.45, 2.75) is 6.92 Å². The molecule has 0 saturated heterocycles. The predicted octanol–water partition coefficient (Wildman–Crippen LogP) is -1.37. The minimum Gasteiger partial charge on any atom is -1.00 e. The molecule has 1 rings (SSSR count). The average Bonchev–Trinajstić information content (AvgIpc) is 1.87. The summed E-state index contributed by atoms with van der Waals surface area (Å²) in [5, 5.41) is 7.45. The fraction of sp³-hybridized carbons (Fsp3) is 0.333. The number of nitrogens with one attached hydrogen (secondary N) is 1. The maximum Gasteiger partial charge on any atom is 1.00 e. The molecule has 1 aromatic heterocycles. The van der Waals surface area contributed by atoms with Gasteiger partial charge in [0.05, 0.1) is 0 Å². The second kappa shape index (κ2) is 4.27. The van der Waals surface area contributed by atoms with Crippen molar-refractivity contribution in [1.29, 1.82) is 0 Å². The number of rotatable bonds is 0. The zero-order chi connectivity index (χ0) is 5.28. The summed E-state index contributed by atoms with van der Waals surface area (Å²) in [7, 11) is 0. The van der Waals surface area contributed by atoms with Gasteiger partial charge in [-0.2, -0.15) is 5.10 Å². The molecule has 1 N–H and O–H groups in total. The second-order valence-corrected chi connectivity index (χ2v) is 3.00. The minimum absolute atomic E-state index is 0. The van der Waals surface area contributed by atoms with Crippen molar-refractivity contribution in [3.05, 3.63) is 8.96 Å². The summed E-state index contributed by atoms with van der Waals surface area (Å²) in [5.41, 5.74) is 0. The van der Waals surface area contributed by atoms with Gasteiger partial charge in [-0.25, -0.2) is 0 Å². The fourth-order valence-corrected chi connectivity index (χ4v) is 1.16. The molecule has 0 radical (unpaired) electrons. The van der Waals surface area contributed by atoms with Crippen LogP contribution in [0.25, 0.3) is 0 Å². The monoisotopic (exact) mass is 172 g/mol. The summed E-state index contributed by atoms with van der Waals surface area (Å²) in [6, 6.07) is 0. The van der Waals surface area contributed by atoms with Crippen molar-refractivity contribution in [2.75, 3.05) is 0 Å². The molecule has 0 fully saturated rings.